The van der Waals surface area contributed by atoms with E-state index in [0.29, 0.717) is 6.54 Å². The number of hydrogen-bond acceptors (Lipinski definition) is 3. The van der Waals surface area contributed by atoms with Crippen LogP contribution in [0, 0.1) is 13.8 Å². The molecule has 3 aromatic rings. The Bertz CT molecular complexity index is 1070. The van der Waals surface area contributed by atoms with Gasteiger partial charge in [-0.2, -0.15) is 0 Å². The second-order valence-corrected chi connectivity index (χ2v) is 8.31. The maximum absolute atomic E-state index is 12.7. The van der Waals surface area contributed by atoms with Crippen molar-refractivity contribution in [2.45, 2.75) is 25.3 Å². The first-order valence-electron chi connectivity index (χ1n) is 8.87. The van der Waals surface area contributed by atoms with Crippen LogP contribution in [-0.4, -0.2) is 14.3 Å². The summed E-state index contributed by atoms with van der Waals surface area (Å²) >= 11 is 0. The van der Waals surface area contributed by atoms with Gasteiger partial charge in [0.15, 0.2) is 0 Å². The lowest BCUT2D eigenvalue weighted by Crippen LogP contribution is -2.25. The minimum Gasteiger partial charge on any atom is -0.348 e. The molecule has 0 saturated carbocycles. The summed E-state index contributed by atoms with van der Waals surface area (Å²) in [6.07, 6.45) is 0. The molecule has 0 spiro atoms. The van der Waals surface area contributed by atoms with Crippen LogP contribution in [0.1, 0.15) is 27.0 Å². The fraction of sp³-hybridized carbons (Fsp3) is 0.136. The molecule has 5 nitrogen and oxygen atoms in total. The molecular weight excluding hydrogens is 372 g/mol. The van der Waals surface area contributed by atoms with Crippen molar-refractivity contribution in [3.05, 3.63) is 95.1 Å². The number of aryl methyl sites for hydroxylation is 2. The van der Waals surface area contributed by atoms with Crippen molar-refractivity contribution in [1.29, 1.82) is 0 Å². The Morgan fingerprint density at radius 3 is 2.04 bits per heavy atom. The fourth-order valence-corrected chi connectivity index (χ4v) is 3.75. The molecular formula is C22H22N2O3S. The minimum absolute atomic E-state index is 0.146. The van der Waals surface area contributed by atoms with Crippen LogP contribution < -0.4 is 10.0 Å². The summed E-state index contributed by atoms with van der Waals surface area (Å²) < 4.78 is 27.8. The lowest BCUT2D eigenvalue weighted by atomic mass is 10.1. The summed E-state index contributed by atoms with van der Waals surface area (Å²) in [5.74, 6) is -0.345. The molecule has 0 aromatic heterocycles. The van der Waals surface area contributed by atoms with Crippen molar-refractivity contribution >= 4 is 21.6 Å². The van der Waals surface area contributed by atoms with Gasteiger partial charge in [0.25, 0.3) is 15.9 Å². The van der Waals surface area contributed by atoms with Crippen LogP contribution in [-0.2, 0) is 16.6 Å². The van der Waals surface area contributed by atoms with Crippen LogP contribution >= 0.6 is 0 Å². The van der Waals surface area contributed by atoms with Gasteiger partial charge in [-0.25, -0.2) is 8.42 Å². The average molecular weight is 394 g/mol. The van der Waals surface area contributed by atoms with Gasteiger partial charge in [0.2, 0.25) is 0 Å². The highest BCUT2D eigenvalue weighted by Crippen LogP contribution is 2.20. The van der Waals surface area contributed by atoms with Gasteiger partial charge in [-0.1, -0.05) is 59.7 Å². The number of amides is 1. The quantitative estimate of drug-likeness (QED) is 0.663. The molecule has 0 atom stereocenters. The van der Waals surface area contributed by atoms with Gasteiger partial charge < -0.3 is 5.32 Å². The number of sulfonamides is 1. The molecule has 0 bridgehead atoms. The monoisotopic (exact) mass is 394 g/mol. The average Bonchev–Trinajstić information content (AvgIpc) is 2.68. The van der Waals surface area contributed by atoms with Gasteiger partial charge in [-0.15, -0.1) is 0 Å². The van der Waals surface area contributed by atoms with E-state index in [0.717, 1.165) is 16.7 Å². The normalized spacial score (nSPS) is 11.1. The van der Waals surface area contributed by atoms with Gasteiger partial charge in [0, 0.05) is 6.54 Å². The lowest BCUT2D eigenvalue weighted by Gasteiger charge is -2.13. The van der Waals surface area contributed by atoms with E-state index in [2.05, 4.69) is 10.0 Å². The Labute approximate surface area is 165 Å². The Morgan fingerprint density at radius 1 is 0.821 bits per heavy atom. The third-order valence-corrected chi connectivity index (χ3v) is 5.70. The predicted octanol–water partition coefficient (Wildman–Crippen LogP) is 4.03. The zero-order valence-corrected chi connectivity index (χ0v) is 16.6. The lowest BCUT2D eigenvalue weighted by molar-refractivity contribution is 0.0952. The summed E-state index contributed by atoms with van der Waals surface area (Å²) in [5.41, 5.74) is 3.59. The number of carbonyl (C=O) groups is 1. The van der Waals surface area contributed by atoms with E-state index in [-0.39, 0.29) is 22.1 Å². The second kappa shape index (κ2) is 8.27. The summed E-state index contributed by atoms with van der Waals surface area (Å²) in [4.78, 5) is 12.8. The summed E-state index contributed by atoms with van der Waals surface area (Å²) in [5, 5.41) is 2.83. The van der Waals surface area contributed by atoms with E-state index in [1.807, 2.05) is 38.1 Å². The fourth-order valence-electron chi connectivity index (χ4n) is 2.67. The molecule has 0 aliphatic carbocycles. The predicted molar refractivity (Wildman–Crippen MR) is 111 cm³/mol. The van der Waals surface area contributed by atoms with E-state index in [9.17, 15) is 13.2 Å². The molecule has 0 aliphatic heterocycles. The van der Waals surface area contributed by atoms with E-state index in [4.69, 9.17) is 0 Å². The number of nitrogens with one attached hydrogen (secondary N) is 2. The highest BCUT2D eigenvalue weighted by molar-refractivity contribution is 7.92. The van der Waals surface area contributed by atoms with Crippen LogP contribution in [0.5, 0.6) is 0 Å². The Hall–Kier alpha value is -3.12. The molecule has 3 aromatic carbocycles. The van der Waals surface area contributed by atoms with E-state index in [1.165, 1.54) is 12.1 Å². The Kier molecular flexibility index (Phi) is 5.80. The summed E-state index contributed by atoms with van der Waals surface area (Å²) in [6, 6.07) is 20.9. The van der Waals surface area contributed by atoms with E-state index >= 15 is 0 Å². The third kappa shape index (κ3) is 4.78. The SMILES string of the molecule is Cc1ccc(CNC(=O)c2ccccc2NS(=O)(=O)c2ccc(C)cc2)cc1. The first kappa shape index (κ1) is 19.6. The third-order valence-electron chi connectivity index (χ3n) is 4.32. The highest BCUT2D eigenvalue weighted by Gasteiger charge is 2.18. The number of anilines is 1. The van der Waals surface area contributed by atoms with Crippen molar-refractivity contribution in [3.8, 4) is 0 Å². The van der Waals surface area contributed by atoms with Crippen molar-refractivity contribution in [1.82, 2.24) is 5.32 Å². The van der Waals surface area contributed by atoms with Crippen molar-refractivity contribution in [2.24, 2.45) is 0 Å². The molecule has 0 heterocycles. The standard InChI is InChI=1S/C22H22N2O3S/c1-16-7-11-18(12-8-16)15-23-22(25)20-5-3-4-6-21(20)24-28(26,27)19-13-9-17(2)10-14-19/h3-14,24H,15H2,1-2H3,(H,23,25). The van der Waals surface area contributed by atoms with Crippen LogP contribution in [0.25, 0.3) is 0 Å². The summed E-state index contributed by atoms with van der Waals surface area (Å²) in [7, 11) is -3.79. The first-order valence-corrected chi connectivity index (χ1v) is 10.4. The van der Waals surface area contributed by atoms with Gasteiger partial charge in [-0.3, -0.25) is 9.52 Å². The molecule has 28 heavy (non-hydrogen) atoms. The number of para-hydroxylation sites is 1. The maximum atomic E-state index is 12.7. The zero-order chi connectivity index (χ0) is 20.1. The van der Waals surface area contributed by atoms with Crippen LogP contribution in [0.15, 0.2) is 77.7 Å². The zero-order valence-electron chi connectivity index (χ0n) is 15.8. The van der Waals surface area contributed by atoms with Crippen LogP contribution in [0.3, 0.4) is 0 Å². The number of hydrogen-bond donors (Lipinski definition) is 2. The van der Waals surface area contributed by atoms with Crippen LogP contribution in [0.4, 0.5) is 5.69 Å². The molecule has 0 radical (unpaired) electrons. The summed E-state index contributed by atoms with van der Waals surface area (Å²) in [6.45, 7) is 4.24. The molecule has 1 amide bonds. The Balaban J connectivity index is 1.77. The van der Waals surface area contributed by atoms with E-state index in [1.54, 1.807) is 36.4 Å². The van der Waals surface area contributed by atoms with E-state index < -0.39 is 10.0 Å². The second-order valence-electron chi connectivity index (χ2n) is 6.63. The van der Waals surface area contributed by atoms with Gasteiger partial charge in [0.05, 0.1) is 16.1 Å². The number of carbonyl (C=O) groups excluding carboxylic acids is 1. The van der Waals surface area contributed by atoms with Gasteiger partial charge in [0.1, 0.15) is 0 Å². The Morgan fingerprint density at radius 2 is 1.39 bits per heavy atom. The van der Waals surface area contributed by atoms with Crippen molar-refractivity contribution in [2.75, 3.05) is 4.72 Å². The molecule has 3 rings (SSSR count). The van der Waals surface area contributed by atoms with Gasteiger partial charge >= 0.3 is 0 Å². The van der Waals surface area contributed by atoms with Crippen molar-refractivity contribution in [3.63, 3.8) is 0 Å². The number of benzene rings is 3. The molecule has 6 heteroatoms. The highest BCUT2D eigenvalue weighted by atomic mass is 32.2. The molecule has 2 N–H and O–H groups in total. The smallest absolute Gasteiger partial charge is 0.261 e. The maximum Gasteiger partial charge on any atom is 0.261 e. The van der Waals surface area contributed by atoms with Gasteiger partial charge in [-0.05, 0) is 43.7 Å². The number of rotatable bonds is 6. The minimum atomic E-state index is -3.79. The first-order chi connectivity index (χ1) is 13.3. The van der Waals surface area contributed by atoms with Crippen LogP contribution in [0.2, 0.25) is 0 Å². The largest absolute Gasteiger partial charge is 0.348 e. The molecule has 144 valence electrons. The van der Waals surface area contributed by atoms with Crippen molar-refractivity contribution < 1.29 is 13.2 Å². The molecule has 0 unspecified atom stereocenters. The molecule has 0 fully saturated rings. The molecule has 0 aliphatic rings. The topological polar surface area (TPSA) is 75.3 Å². The molecule has 0 saturated heterocycles.